The number of nitro groups is 1. The van der Waals surface area contributed by atoms with E-state index in [1.54, 1.807) is 12.1 Å². The Morgan fingerprint density at radius 3 is 2.62 bits per heavy atom. The van der Waals surface area contributed by atoms with Crippen LogP contribution in [0, 0.1) is 10.1 Å². The van der Waals surface area contributed by atoms with Crippen molar-refractivity contribution in [3.63, 3.8) is 0 Å². The molecule has 154 valence electrons. The molecular formula is C20H23N3O6. The number of amides is 1. The molecule has 0 radical (unpaired) electrons. The van der Waals surface area contributed by atoms with Crippen LogP contribution in [0.25, 0.3) is 0 Å². The van der Waals surface area contributed by atoms with Crippen LogP contribution in [0.5, 0.6) is 17.2 Å². The van der Waals surface area contributed by atoms with E-state index in [9.17, 15) is 20.0 Å². The van der Waals surface area contributed by atoms with Crippen molar-refractivity contribution >= 4 is 17.8 Å². The first kappa shape index (κ1) is 21.7. The molecule has 0 heterocycles. The summed E-state index contributed by atoms with van der Waals surface area (Å²) in [5.74, 6) is -0.124. The molecule has 0 aromatic heterocycles. The number of aromatic hydroxyl groups is 1. The number of methoxy groups -OCH3 is 1. The second-order valence-electron chi connectivity index (χ2n) is 6.31. The Hall–Kier alpha value is -3.62. The lowest BCUT2D eigenvalue weighted by atomic mass is 9.99. The Balaban J connectivity index is 1.93. The van der Waals surface area contributed by atoms with E-state index in [0.717, 1.165) is 12.5 Å². The van der Waals surface area contributed by atoms with Gasteiger partial charge in [-0.25, -0.2) is 5.43 Å². The van der Waals surface area contributed by atoms with Gasteiger partial charge in [0.2, 0.25) is 5.75 Å². The Labute approximate surface area is 168 Å². The lowest BCUT2D eigenvalue weighted by molar-refractivity contribution is -0.386. The van der Waals surface area contributed by atoms with Crippen molar-refractivity contribution < 1.29 is 24.3 Å². The van der Waals surface area contributed by atoms with Crippen LogP contribution in [0.3, 0.4) is 0 Å². The maximum absolute atomic E-state index is 11.9. The molecule has 9 heteroatoms. The van der Waals surface area contributed by atoms with Crippen molar-refractivity contribution in [3.05, 3.63) is 57.6 Å². The number of hydrazone groups is 1. The van der Waals surface area contributed by atoms with Crippen LogP contribution in [0.1, 0.15) is 37.3 Å². The highest BCUT2D eigenvalue weighted by molar-refractivity contribution is 5.85. The molecular weight excluding hydrogens is 378 g/mol. The number of benzene rings is 2. The molecule has 0 saturated carbocycles. The fourth-order valence-electron chi connectivity index (χ4n) is 2.47. The summed E-state index contributed by atoms with van der Waals surface area (Å²) in [5.41, 5.74) is 3.22. The fourth-order valence-corrected chi connectivity index (χ4v) is 2.47. The van der Waals surface area contributed by atoms with Gasteiger partial charge in [0.25, 0.3) is 5.91 Å². The average Bonchev–Trinajstić information content (AvgIpc) is 2.72. The molecule has 2 aromatic carbocycles. The molecule has 0 aliphatic carbocycles. The number of rotatable bonds is 9. The zero-order valence-electron chi connectivity index (χ0n) is 16.4. The smallest absolute Gasteiger partial charge is 0.315 e. The number of phenols is 1. The molecule has 0 aliphatic rings. The standard InChI is InChI=1S/C20H23N3O6/c1-4-13(2)15-5-7-16(8-6-15)29-12-19(24)22-21-11-14-9-17(23(26)27)20(25)18(10-14)28-3/h5-11,13,25H,4,12H2,1-3H3,(H,22,24)/b21-11+/t13-/m0/s1. The summed E-state index contributed by atoms with van der Waals surface area (Å²) in [6, 6.07) is 10.0. The minimum absolute atomic E-state index is 0.0730. The summed E-state index contributed by atoms with van der Waals surface area (Å²) in [5, 5.41) is 24.5. The number of nitrogens with one attached hydrogen (secondary N) is 1. The molecule has 1 amide bonds. The second-order valence-corrected chi connectivity index (χ2v) is 6.31. The highest BCUT2D eigenvalue weighted by Gasteiger charge is 2.19. The fraction of sp³-hybridized carbons (Fsp3) is 0.300. The SMILES string of the molecule is CC[C@H](C)c1ccc(OCC(=O)N/N=C/c2cc(OC)c(O)c([N+](=O)[O-])c2)cc1. The molecule has 0 fully saturated rings. The third kappa shape index (κ3) is 5.93. The maximum atomic E-state index is 11.9. The normalized spacial score (nSPS) is 11.8. The van der Waals surface area contributed by atoms with Crippen molar-refractivity contribution in [1.82, 2.24) is 5.43 Å². The van der Waals surface area contributed by atoms with E-state index in [1.165, 1.54) is 25.0 Å². The highest BCUT2D eigenvalue weighted by atomic mass is 16.6. The van der Waals surface area contributed by atoms with Crippen molar-refractivity contribution in [2.45, 2.75) is 26.2 Å². The average molecular weight is 401 g/mol. The van der Waals surface area contributed by atoms with Crippen molar-refractivity contribution in [3.8, 4) is 17.2 Å². The van der Waals surface area contributed by atoms with Gasteiger partial charge < -0.3 is 14.6 Å². The first-order valence-corrected chi connectivity index (χ1v) is 8.95. The van der Waals surface area contributed by atoms with Gasteiger partial charge in [0, 0.05) is 11.6 Å². The minimum Gasteiger partial charge on any atom is -0.500 e. The van der Waals surface area contributed by atoms with Gasteiger partial charge in [0.05, 0.1) is 18.2 Å². The number of ether oxygens (including phenoxy) is 2. The zero-order chi connectivity index (χ0) is 21.4. The van der Waals surface area contributed by atoms with Gasteiger partial charge in [-0.15, -0.1) is 0 Å². The summed E-state index contributed by atoms with van der Waals surface area (Å²) < 4.78 is 10.3. The summed E-state index contributed by atoms with van der Waals surface area (Å²) in [6.07, 6.45) is 2.24. The van der Waals surface area contributed by atoms with Crippen LogP contribution in [-0.4, -0.2) is 35.9 Å². The molecule has 2 N–H and O–H groups in total. The Bertz CT molecular complexity index is 896. The van der Waals surface area contributed by atoms with Gasteiger partial charge in [-0.05, 0) is 36.1 Å². The second kappa shape index (κ2) is 10.1. The van der Waals surface area contributed by atoms with E-state index in [4.69, 9.17) is 9.47 Å². The number of nitrogens with zero attached hydrogens (tertiary/aromatic N) is 2. The Kier molecular flexibility index (Phi) is 7.53. The van der Waals surface area contributed by atoms with Gasteiger partial charge in [-0.3, -0.25) is 14.9 Å². The number of hydrogen-bond acceptors (Lipinski definition) is 7. The number of nitro benzene ring substituents is 1. The molecule has 1 atom stereocenters. The van der Waals surface area contributed by atoms with E-state index in [1.807, 2.05) is 12.1 Å². The number of hydrogen-bond donors (Lipinski definition) is 2. The van der Waals surface area contributed by atoms with E-state index < -0.39 is 22.3 Å². The van der Waals surface area contributed by atoms with Gasteiger partial charge in [0.15, 0.2) is 12.4 Å². The van der Waals surface area contributed by atoms with E-state index >= 15 is 0 Å². The third-order valence-electron chi connectivity index (χ3n) is 4.33. The van der Waals surface area contributed by atoms with E-state index in [0.29, 0.717) is 11.7 Å². The molecule has 9 nitrogen and oxygen atoms in total. The van der Waals surface area contributed by atoms with Gasteiger partial charge >= 0.3 is 5.69 Å². The van der Waals surface area contributed by atoms with Crippen molar-refractivity contribution in [2.75, 3.05) is 13.7 Å². The maximum Gasteiger partial charge on any atom is 0.315 e. The molecule has 29 heavy (non-hydrogen) atoms. The molecule has 0 aliphatic heterocycles. The van der Waals surface area contributed by atoms with Crippen molar-refractivity contribution in [1.29, 1.82) is 0 Å². The first-order valence-electron chi connectivity index (χ1n) is 8.95. The van der Waals surface area contributed by atoms with E-state index in [-0.39, 0.29) is 17.9 Å². The van der Waals surface area contributed by atoms with Gasteiger partial charge in [0.1, 0.15) is 5.75 Å². The summed E-state index contributed by atoms with van der Waals surface area (Å²) in [6.45, 7) is 4.02. The van der Waals surface area contributed by atoms with E-state index in [2.05, 4.69) is 24.4 Å². The van der Waals surface area contributed by atoms with Crippen molar-refractivity contribution in [2.24, 2.45) is 5.10 Å². The quantitative estimate of drug-likeness (QED) is 0.377. The van der Waals surface area contributed by atoms with Gasteiger partial charge in [-0.2, -0.15) is 5.10 Å². The number of carbonyl (C=O) groups excluding carboxylic acids is 1. The molecule has 2 rings (SSSR count). The lowest BCUT2D eigenvalue weighted by Crippen LogP contribution is -2.24. The highest BCUT2D eigenvalue weighted by Crippen LogP contribution is 2.36. The lowest BCUT2D eigenvalue weighted by Gasteiger charge is -2.10. The Morgan fingerprint density at radius 1 is 1.34 bits per heavy atom. The van der Waals surface area contributed by atoms with Crippen LogP contribution in [-0.2, 0) is 4.79 Å². The molecule has 2 aromatic rings. The van der Waals surface area contributed by atoms with Crippen LogP contribution in [0.15, 0.2) is 41.5 Å². The van der Waals surface area contributed by atoms with Crippen LogP contribution < -0.4 is 14.9 Å². The van der Waals surface area contributed by atoms with Gasteiger partial charge in [-0.1, -0.05) is 26.0 Å². The van der Waals surface area contributed by atoms with Crippen LogP contribution >= 0.6 is 0 Å². The Morgan fingerprint density at radius 2 is 2.03 bits per heavy atom. The zero-order valence-corrected chi connectivity index (χ0v) is 16.4. The predicted molar refractivity (Wildman–Crippen MR) is 108 cm³/mol. The molecule has 0 unspecified atom stereocenters. The summed E-state index contributed by atoms with van der Waals surface area (Å²) in [7, 11) is 1.27. The summed E-state index contributed by atoms with van der Waals surface area (Å²) in [4.78, 5) is 22.1. The number of phenolic OH excluding ortho intramolecular Hbond substituents is 1. The number of carbonyl (C=O) groups is 1. The predicted octanol–water partition coefficient (Wildman–Crippen LogP) is 3.35. The van der Waals surface area contributed by atoms with Crippen LogP contribution in [0.4, 0.5) is 5.69 Å². The summed E-state index contributed by atoms with van der Waals surface area (Å²) >= 11 is 0. The molecule has 0 bridgehead atoms. The minimum atomic E-state index is -0.742. The monoisotopic (exact) mass is 401 g/mol. The van der Waals surface area contributed by atoms with Crippen LogP contribution in [0.2, 0.25) is 0 Å². The first-order chi connectivity index (χ1) is 13.8. The molecule has 0 saturated heterocycles. The topological polar surface area (TPSA) is 123 Å². The largest absolute Gasteiger partial charge is 0.500 e. The third-order valence-corrected chi connectivity index (χ3v) is 4.33. The molecule has 0 spiro atoms.